The minimum absolute atomic E-state index is 0.00699. The summed E-state index contributed by atoms with van der Waals surface area (Å²) in [5.41, 5.74) is -0.00699. The number of nitrogens with zero attached hydrogens (tertiary/aromatic N) is 3. The Morgan fingerprint density at radius 3 is 2.75 bits per heavy atom. The summed E-state index contributed by atoms with van der Waals surface area (Å²) in [4.78, 5) is 20.7. The van der Waals surface area contributed by atoms with Crippen LogP contribution in [0.3, 0.4) is 0 Å². The Labute approximate surface area is 95.1 Å². The first-order valence-electron chi connectivity index (χ1n) is 5.49. The van der Waals surface area contributed by atoms with Gasteiger partial charge in [-0.3, -0.25) is 4.98 Å². The van der Waals surface area contributed by atoms with Gasteiger partial charge in [0.2, 0.25) is 0 Å². The molecule has 0 atom stereocenters. The van der Waals surface area contributed by atoms with Gasteiger partial charge >= 0.3 is 5.97 Å². The molecule has 0 radical (unpaired) electrons. The van der Waals surface area contributed by atoms with Gasteiger partial charge in [0.15, 0.2) is 5.69 Å². The molecule has 0 amide bonds. The molecular formula is C11H17N3O2. The second-order valence-electron chi connectivity index (χ2n) is 3.50. The Kier molecular flexibility index (Phi) is 4.69. The molecule has 88 valence electrons. The molecule has 5 nitrogen and oxygen atoms in total. The lowest BCUT2D eigenvalue weighted by Gasteiger charge is -2.21. The van der Waals surface area contributed by atoms with Crippen molar-refractivity contribution in [2.24, 2.45) is 0 Å². The number of carbonyl (C=O) groups is 1. The van der Waals surface area contributed by atoms with Crippen LogP contribution in [-0.2, 0) is 0 Å². The third-order valence-corrected chi connectivity index (χ3v) is 2.33. The van der Waals surface area contributed by atoms with Gasteiger partial charge in [0.1, 0.15) is 5.82 Å². The van der Waals surface area contributed by atoms with Crippen LogP contribution in [-0.4, -0.2) is 34.1 Å². The molecule has 0 bridgehead atoms. The number of aromatic carboxylic acids is 1. The topological polar surface area (TPSA) is 66.3 Å². The van der Waals surface area contributed by atoms with Crippen LogP contribution in [0.1, 0.15) is 37.2 Å². The van der Waals surface area contributed by atoms with Crippen LogP contribution >= 0.6 is 0 Å². The molecule has 1 aromatic heterocycles. The summed E-state index contributed by atoms with van der Waals surface area (Å²) in [5.74, 6) is -0.406. The van der Waals surface area contributed by atoms with Crippen molar-refractivity contribution in [2.75, 3.05) is 18.0 Å². The van der Waals surface area contributed by atoms with Crippen molar-refractivity contribution < 1.29 is 9.90 Å². The minimum Gasteiger partial charge on any atom is -0.476 e. The zero-order chi connectivity index (χ0) is 12.0. The zero-order valence-corrected chi connectivity index (χ0v) is 9.68. The first kappa shape index (κ1) is 12.4. The summed E-state index contributed by atoms with van der Waals surface area (Å²) < 4.78 is 0. The fraction of sp³-hybridized carbons (Fsp3) is 0.545. The molecule has 0 aliphatic carbocycles. The fourth-order valence-electron chi connectivity index (χ4n) is 1.39. The van der Waals surface area contributed by atoms with E-state index in [1.54, 1.807) is 6.20 Å². The van der Waals surface area contributed by atoms with Crippen molar-refractivity contribution in [3.8, 4) is 0 Å². The molecule has 1 heterocycles. The number of aromatic nitrogens is 2. The van der Waals surface area contributed by atoms with Gasteiger partial charge in [-0.05, 0) is 13.3 Å². The largest absolute Gasteiger partial charge is 0.476 e. The number of carboxylic acids is 1. The van der Waals surface area contributed by atoms with Crippen LogP contribution in [0.4, 0.5) is 5.82 Å². The number of carboxylic acid groups (broad SMARTS) is 1. The predicted molar refractivity (Wildman–Crippen MR) is 61.8 cm³/mol. The molecule has 1 rings (SSSR count). The summed E-state index contributed by atoms with van der Waals surface area (Å²) in [6.45, 7) is 5.82. The van der Waals surface area contributed by atoms with E-state index in [1.807, 2.05) is 11.8 Å². The van der Waals surface area contributed by atoms with Crippen LogP contribution in [0.2, 0.25) is 0 Å². The average Bonchev–Trinajstić information content (AvgIpc) is 2.30. The fourth-order valence-corrected chi connectivity index (χ4v) is 1.39. The molecule has 1 N–H and O–H groups in total. The van der Waals surface area contributed by atoms with E-state index in [4.69, 9.17) is 5.11 Å². The van der Waals surface area contributed by atoms with Gasteiger partial charge in [-0.15, -0.1) is 0 Å². The highest BCUT2D eigenvalue weighted by Gasteiger charge is 2.10. The molecule has 0 aromatic carbocycles. The monoisotopic (exact) mass is 223 g/mol. The van der Waals surface area contributed by atoms with Crippen molar-refractivity contribution in [3.63, 3.8) is 0 Å². The molecule has 0 fully saturated rings. The van der Waals surface area contributed by atoms with Crippen LogP contribution < -0.4 is 4.90 Å². The van der Waals surface area contributed by atoms with E-state index < -0.39 is 5.97 Å². The molecular weight excluding hydrogens is 206 g/mol. The van der Waals surface area contributed by atoms with Crippen molar-refractivity contribution in [1.82, 2.24) is 9.97 Å². The van der Waals surface area contributed by atoms with Crippen LogP contribution in [0.5, 0.6) is 0 Å². The number of anilines is 1. The van der Waals surface area contributed by atoms with Crippen molar-refractivity contribution in [3.05, 3.63) is 18.1 Å². The van der Waals surface area contributed by atoms with Crippen LogP contribution in [0, 0.1) is 0 Å². The van der Waals surface area contributed by atoms with E-state index in [-0.39, 0.29) is 5.69 Å². The Bertz CT molecular complexity index is 355. The van der Waals surface area contributed by atoms with Crippen molar-refractivity contribution in [1.29, 1.82) is 0 Å². The highest BCUT2D eigenvalue weighted by molar-refractivity contribution is 5.85. The first-order chi connectivity index (χ1) is 7.69. The third-order valence-electron chi connectivity index (χ3n) is 2.33. The summed E-state index contributed by atoms with van der Waals surface area (Å²) in [5, 5.41) is 8.82. The predicted octanol–water partition coefficient (Wildman–Crippen LogP) is 1.80. The summed E-state index contributed by atoms with van der Waals surface area (Å²) in [7, 11) is 0. The van der Waals surface area contributed by atoms with E-state index >= 15 is 0 Å². The quantitative estimate of drug-likeness (QED) is 0.796. The van der Waals surface area contributed by atoms with E-state index in [0.717, 1.165) is 25.9 Å². The van der Waals surface area contributed by atoms with Crippen molar-refractivity contribution in [2.45, 2.75) is 26.7 Å². The van der Waals surface area contributed by atoms with Gasteiger partial charge in [-0.1, -0.05) is 13.3 Å². The molecule has 0 unspecified atom stereocenters. The van der Waals surface area contributed by atoms with E-state index in [1.165, 1.54) is 6.20 Å². The Hall–Kier alpha value is -1.65. The Balaban J connectivity index is 2.83. The zero-order valence-electron chi connectivity index (χ0n) is 9.68. The number of hydrogen-bond donors (Lipinski definition) is 1. The molecule has 0 aliphatic heterocycles. The number of hydrogen-bond acceptors (Lipinski definition) is 4. The molecule has 0 spiro atoms. The minimum atomic E-state index is -1.04. The second-order valence-corrected chi connectivity index (χ2v) is 3.50. The highest BCUT2D eigenvalue weighted by Crippen LogP contribution is 2.10. The van der Waals surface area contributed by atoms with E-state index in [0.29, 0.717) is 5.82 Å². The standard InChI is InChI=1S/C11H17N3O2/c1-3-5-6-14(4-2)10-8-12-7-9(13-10)11(15)16/h7-8H,3-6H2,1-2H3,(H,15,16). The summed E-state index contributed by atoms with van der Waals surface area (Å²) in [6.07, 6.45) is 5.03. The van der Waals surface area contributed by atoms with Gasteiger partial charge in [0.25, 0.3) is 0 Å². The summed E-state index contributed by atoms with van der Waals surface area (Å²) >= 11 is 0. The molecule has 16 heavy (non-hydrogen) atoms. The first-order valence-corrected chi connectivity index (χ1v) is 5.49. The number of rotatable bonds is 6. The SMILES string of the molecule is CCCCN(CC)c1cncc(C(=O)O)n1. The highest BCUT2D eigenvalue weighted by atomic mass is 16.4. The van der Waals surface area contributed by atoms with E-state index in [2.05, 4.69) is 16.9 Å². The lowest BCUT2D eigenvalue weighted by molar-refractivity contribution is 0.0690. The summed E-state index contributed by atoms with van der Waals surface area (Å²) in [6, 6.07) is 0. The number of unbranched alkanes of at least 4 members (excludes halogenated alkanes) is 1. The van der Waals surface area contributed by atoms with Gasteiger partial charge in [0, 0.05) is 13.1 Å². The van der Waals surface area contributed by atoms with Gasteiger partial charge in [0.05, 0.1) is 12.4 Å². The molecule has 0 saturated carbocycles. The molecule has 0 saturated heterocycles. The molecule has 5 heteroatoms. The lowest BCUT2D eigenvalue weighted by Crippen LogP contribution is -2.25. The maximum atomic E-state index is 10.8. The second kappa shape index (κ2) is 6.05. The van der Waals surface area contributed by atoms with Crippen LogP contribution in [0.15, 0.2) is 12.4 Å². The third kappa shape index (κ3) is 3.18. The maximum Gasteiger partial charge on any atom is 0.356 e. The Morgan fingerprint density at radius 1 is 1.44 bits per heavy atom. The maximum absolute atomic E-state index is 10.8. The molecule has 1 aromatic rings. The Morgan fingerprint density at radius 2 is 2.19 bits per heavy atom. The normalized spacial score (nSPS) is 10.1. The smallest absolute Gasteiger partial charge is 0.356 e. The van der Waals surface area contributed by atoms with E-state index in [9.17, 15) is 4.79 Å². The lowest BCUT2D eigenvalue weighted by atomic mass is 10.3. The molecule has 0 aliphatic rings. The van der Waals surface area contributed by atoms with Crippen LogP contribution in [0.25, 0.3) is 0 Å². The average molecular weight is 223 g/mol. The van der Waals surface area contributed by atoms with Gasteiger partial charge in [-0.2, -0.15) is 0 Å². The van der Waals surface area contributed by atoms with Crippen molar-refractivity contribution >= 4 is 11.8 Å². The van der Waals surface area contributed by atoms with Gasteiger partial charge < -0.3 is 10.0 Å². The van der Waals surface area contributed by atoms with Gasteiger partial charge in [-0.25, -0.2) is 9.78 Å².